The molecule has 0 aliphatic carbocycles. The van der Waals surface area contributed by atoms with Crippen molar-refractivity contribution in [2.24, 2.45) is 0 Å². The first-order valence-corrected chi connectivity index (χ1v) is 6.51. The van der Waals surface area contributed by atoms with Gasteiger partial charge in [0.15, 0.2) is 4.34 Å². The number of alkyl halides is 1. The fourth-order valence-electron chi connectivity index (χ4n) is 0.713. The Bertz CT molecular complexity index is 293. The number of nitrogens with zero attached hydrogens (tertiary/aromatic N) is 2. The van der Waals surface area contributed by atoms with Crippen molar-refractivity contribution in [2.45, 2.75) is 17.8 Å². The Hall–Kier alpha value is 0.190. The number of aryl methyl sites for hydroxylation is 1. The molecule has 1 aromatic rings. The number of hydrogen-bond acceptors (Lipinski definition) is 4. The van der Waals surface area contributed by atoms with Crippen LogP contribution in [0, 0.1) is 5.41 Å². The molecule has 0 saturated heterocycles. The first-order chi connectivity index (χ1) is 5.77. The summed E-state index contributed by atoms with van der Waals surface area (Å²) in [4.78, 5) is 0.533. The molecule has 0 bridgehead atoms. The molecule has 0 amide bonds. The minimum Gasteiger partial charge on any atom is -0.274 e. The number of thioether (sulfide) groups is 1. The molecule has 0 spiro atoms. The Kier molecular flexibility index (Phi) is 4.31. The van der Waals surface area contributed by atoms with Crippen LogP contribution >= 0.6 is 39.0 Å². The summed E-state index contributed by atoms with van der Waals surface area (Å²) >= 11 is 6.45. The predicted octanol–water partition coefficient (Wildman–Crippen LogP) is 1.93. The maximum atomic E-state index is 7.56. The molecule has 0 saturated carbocycles. The molecule has 0 aliphatic rings. The van der Waals surface area contributed by atoms with Crippen molar-refractivity contribution in [3.8, 4) is 0 Å². The van der Waals surface area contributed by atoms with Gasteiger partial charge in [-0.25, -0.2) is 4.68 Å². The molecule has 0 radical (unpaired) electrons. The molecule has 1 rings (SSSR count). The van der Waals surface area contributed by atoms with Crippen LogP contribution in [0.5, 0.6) is 0 Å². The molecule has 0 aliphatic heterocycles. The summed E-state index contributed by atoms with van der Waals surface area (Å²) in [6, 6.07) is 0. The minimum absolute atomic E-state index is 0.533. The van der Waals surface area contributed by atoms with Gasteiger partial charge in [-0.05, 0) is 5.75 Å². The largest absolute Gasteiger partial charge is 0.274 e. The van der Waals surface area contributed by atoms with Crippen molar-refractivity contribution in [1.82, 2.24) is 9.78 Å². The van der Waals surface area contributed by atoms with Gasteiger partial charge in [-0.1, -0.05) is 46.0 Å². The van der Waals surface area contributed by atoms with Crippen molar-refractivity contribution >= 4 is 39.0 Å². The molecule has 0 aromatic carbocycles. The predicted molar refractivity (Wildman–Crippen MR) is 56.2 cm³/mol. The summed E-state index contributed by atoms with van der Waals surface area (Å²) < 4.78 is 2.71. The number of hydrogen-bond donors (Lipinski definition) is 1. The van der Waals surface area contributed by atoms with Crippen molar-refractivity contribution in [3.05, 3.63) is 4.80 Å². The molecular weight excluding hydrogens is 258 g/mol. The highest BCUT2D eigenvalue weighted by atomic mass is 79.9. The first-order valence-electron chi connectivity index (χ1n) is 3.59. The Morgan fingerprint density at radius 2 is 2.50 bits per heavy atom. The van der Waals surface area contributed by atoms with Crippen molar-refractivity contribution in [2.75, 3.05) is 11.1 Å². The van der Waals surface area contributed by atoms with Gasteiger partial charge in [0.05, 0.1) is 6.54 Å². The fraction of sp³-hybridized carbons (Fsp3) is 0.667. The summed E-state index contributed by atoms with van der Waals surface area (Å²) in [6.45, 7) is 2.87. The smallest absolute Gasteiger partial charge is 0.201 e. The van der Waals surface area contributed by atoms with Gasteiger partial charge in [0.2, 0.25) is 4.80 Å². The fourth-order valence-corrected chi connectivity index (χ4v) is 2.82. The van der Waals surface area contributed by atoms with E-state index in [4.69, 9.17) is 5.41 Å². The van der Waals surface area contributed by atoms with Crippen LogP contribution in [0.3, 0.4) is 0 Å². The van der Waals surface area contributed by atoms with Crippen LogP contribution in [-0.4, -0.2) is 20.9 Å². The van der Waals surface area contributed by atoms with Gasteiger partial charge in [-0.15, -0.1) is 0 Å². The summed E-state index contributed by atoms with van der Waals surface area (Å²) in [7, 11) is 0. The highest BCUT2D eigenvalue weighted by Gasteiger charge is 2.01. The maximum Gasteiger partial charge on any atom is 0.201 e. The SMILES string of the molecule is CCSc1nn(CCBr)c(=N)s1. The molecule has 12 heavy (non-hydrogen) atoms. The lowest BCUT2D eigenvalue weighted by molar-refractivity contribution is 0.616. The number of aromatic nitrogens is 2. The van der Waals surface area contributed by atoms with Gasteiger partial charge in [0.25, 0.3) is 0 Å². The van der Waals surface area contributed by atoms with E-state index < -0.39 is 0 Å². The lowest BCUT2D eigenvalue weighted by Crippen LogP contribution is -2.15. The van der Waals surface area contributed by atoms with Crippen LogP contribution in [0.4, 0.5) is 0 Å². The Morgan fingerprint density at radius 1 is 1.75 bits per heavy atom. The summed E-state index contributed by atoms with van der Waals surface area (Å²) in [5, 5.41) is 12.7. The summed E-state index contributed by atoms with van der Waals surface area (Å²) in [6.07, 6.45) is 0. The van der Waals surface area contributed by atoms with Crippen LogP contribution in [0.2, 0.25) is 0 Å². The van der Waals surface area contributed by atoms with E-state index in [9.17, 15) is 0 Å². The van der Waals surface area contributed by atoms with Gasteiger partial charge >= 0.3 is 0 Å². The standard InChI is InChI=1S/C6H10BrN3S2/c1-2-11-6-9-10(4-3-7)5(8)12-6/h8H,2-4H2,1H3. The van der Waals surface area contributed by atoms with Gasteiger partial charge in [-0.3, -0.25) is 5.41 Å². The van der Waals surface area contributed by atoms with E-state index in [2.05, 4.69) is 28.0 Å². The lowest BCUT2D eigenvalue weighted by atomic mass is 10.8. The maximum absolute atomic E-state index is 7.56. The lowest BCUT2D eigenvalue weighted by Gasteiger charge is -1.93. The van der Waals surface area contributed by atoms with Crippen LogP contribution in [0.15, 0.2) is 4.34 Å². The third-order valence-corrected chi connectivity index (χ3v) is 3.42. The Labute approximate surface area is 87.8 Å². The normalized spacial score (nSPS) is 10.5. The minimum atomic E-state index is 0.533. The second-order valence-electron chi connectivity index (χ2n) is 2.02. The van der Waals surface area contributed by atoms with E-state index >= 15 is 0 Å². The zero-order valence-corrected chi connectivity index (χ0v) is 9.93. The second-order valence-corrected chi connectivity index (χ2v) is 5.30. The summed E-state index contributed by atoms with van der Waals surface area (Å²) in [5.41, 5.74) is 0. The van der Waals surface area contributed by atoms with Gasteiger partial charge in [-0.2, -0.15) is 5.10 Å². The van der Waals surface area contributed by atoms with E-state index in [-0.39, 0.29) is 0 Å². The Morgan fingerprint density at radius 3 is 3.08 bits per heavy atom. The van der Waals surface area contributed by atoms with Crippen LogP contribution < -0.4 is 4.80 Å². The zero-order valence-electron chi connectivity index (χ0n) is 6.71. The topological polar surface area (TPSA) is 41.7 Å². The molecule has 1 N–H and O–H groups in total. The average molecular weight is 268 g/mol. The number of nitrogens with one attached hydrogen (secondary N) is 1. The monoisotopic (exact) mass is 267 g/mol. The number of rotatable bonds is 4. The molecule has 3 nitrogen and oxygen atoms in total. The van der Waals surface area contributed by atoms with Crippen molar-refractivity contribution < 1.29 is 0 Å². The molecule has 68 valence electrons. The van der Waals surface area contributed by atoms with Gasteiger partial charge < -0.3 is 0 Å². The molecule has 1 aromatic heterocycles. The van der Waals surface area contributed by atoms with Crippen LogP contribution in [-0.2, 0) is 6.54 Å². The van der Waals surface area contributed by atoms with Gasteiger partial charge in [0.1, 0.15) is 0 Å². The highest BCUT2D eigenvalue weighted by Crippen LogP contribution is 2.16. The molecule has 1 heterocycles. The van der Waals surface area contributed by atoms with Crippen molar-refractivity contribution in [1.29, 1.82) is 5.41 Å². The second kappa shape index (κ2) is 5.04. The van der Waals surface area contributed by atoms with E-state index in [0.717, 1.165) is 22.0 Å². The molecule has 6 heteroatoms. The third kappa shape index (κ3) is 2.60. The van der Waals surface area contributed by atoms with E-state index in [1.54, 1.807) is 16.4 Å². The molecular formula is C6H10BrN3S2. The van der Waals surface area contributed by atoms with E-state index in [0.29, 0.717) is 4.80 Å². The van der Waals surface area contributed by atoms with Gasteiger partial charge in [0, 0.05) is 5.33 Å². The van der Waals surface area contributed by atoms with Crippen LogP contribution in [0.1, 0.15) is 6.92 Å². The quantitative estimate of drug-likeness (QED) is 0.669. The third-order valence-electron chi connectivity index (χ3n) is 1.18. The highest BCUT2D eigenvalue weighted by molar-refractivity contribution is 9.09. The zero-order chi connectivity index (χ0) is 8.97. The van der Waals surface area contributed by atoms with Crippen molar-refractivity contribution in [3.63, 3.8) is 0 Å². The Balaban J connectivity index is 2.78. The summed E-state index contributed by atoms with van der Waals surface area (Å²) in [5.74, 6) is 1.02. The van der Waals surface area contributed by atoms with Crippen LogP contribution in [0.25, 0.3) is 0 Å². The molecule has 0 fully saturated rings. The molecule has 0 unspecified atom stereocenters. The van der Waals surface area contributed by atoms with E-state index in [1.807, 2.05) is 0 Å². The average Bonchev–Trinajstić information content (AvgIpc) is 2.34. The molecule has 0 atom stereocenters. The first kappa shape index (κ1) is 10.3. The van der Waals surface area contributed by atoms with E-state index in [1.165, 1.54) is 11.3 Å². The number of halogens is 1.